The molecule has 2 aliphatic rings. The van der Waals surface area contributed by atoms with E-state index in [9.17, 15) is 4.79 Å². The monoisotopic (exact) mass is 313 g/mol. The highest BCUT2D eigenvalue weighted by Crippen LogP contribution is 2.43. The van der Waals surface area contributed by atoms with Gasteiger partial charge in [-0.1, -0.05) is 39.5 Å². The first-order chi connectivity index (χ1) is 10.2. The van der Waals surface area contributed by atoms with Gasteiger partial charge in [-0.25, -0.2) is 0 Å². The summed E-state index contributed by atoms with van der Waals surface area (Å²) in [5.74, 6) is 2.96. The van der Waals surface area contributed by atoms with Gasteiger partial charge in [0.25, 0.3) is 0 Å². The lowest BCUT2D eigenvalue weighted by Gasteiger charge is -2.41. The fourth-order valence-electron chi connectivity index (χ4n) is 4.63. The SMILES string of the molecule is CCC(CC)N(CCCl)C(=O)C1CCC2CCCCC2C1. The van der Waals surface area contributed by atoms with Crippen LogP contribution in [0.15, 0.2) is 0 Å². The highest BCUT2D eigenvalue weighted by molar-refractivity contribution is 6.18. The Labute approximate surface area is 135 Å². The Morgan fingerprint density at radius 3 is 2.38 bits per heavy atom. The van der Waals surface area contributed by atoms with Gasteiger partial charge in [-0.2, -0.15) is 0 Å². The summed E-state index contributed by atoms with van der Waals surface area (Å²) in [6.45, 7) is 5.08. The summed E-state index contributed by atoms with van der Waals surface area (Å²) in [4.78, 5) is 15.1. The van der Waals surface area contributed by atoms with Crippen molar-refractivity contribution in [2.75, 3.05) is 12.4 Å². The fraction of sp³-hybridized carbons (Fsp3) is 0.944. The summed E-state index contributed by atoms with van der Waals surface area (Å²) in [5, 5.41) is 0. The summed E-state index contributed by atoms with van der Waals surface area (Å²) in [6.07, 6.45) is 11.2. The van der Waals surface area contributed by atoms with Gasteiger partial charge in [0.05, 0.1) is 0 Å². The molecule has 0 aromatic heterocycles. The Morgan fingerprint density at radius 1 is 1.10 bits per heavy atom. The molecule has 2 fully saturated rings. The predicted molar refractivity (Wildman–Crippen MR) is 89.6 cm³/mol. The molecule has 2 rings (SSSR count). The molecule has 3 unspecified atom stereocenters. The zero-order valence-electron chi connectivity index (χ0n) is 13.8. The second-order valence-corrected chi connectivity index (χ2v) is 7.38. The Bertz CT molecular complexity index is 329. The zero-order valence-corrected chi connectivity index (χ0v) is 14.6. The summed E-state index contributed by atoms with van der Waals surface area (Å²) in [6, 6.07) is 0.375. The number of carbonyl (C=O) groups is 1. The van der Waals surface area contributed by atoms with Crippen molar-refractivity contribution in [3.05, 3.63) is 0 Å². The minimum Gasteiger partial charge on any atom is -0.338 e. The Balaban J connectivity index is 1.99. The lowest BCUT2D eigenvalue weighted by Crippen LogP contribution is -2.46. The second kappa shape index (κ2) is 8.41. The number of halogens is 1. The van der Waals surface area contributed by atoms with Gasteiger partial charge in [-0.05, 0) is 43.9 Å². The lowest BCUT2D eigenvalue weighted by molar-refractivity contribution is -0.140. The molecule has 0 bridgehead atoms. The van der Waals surface area contributed by atoms with Gasteiger partial charge >= 0.3 is 0 Å². The van der Waals surface area contributed by atoms with Crippen molar-refractivity contribution in [3.63, 3.8) is 0 Å². The summed E-state index contributed by atoms with van der Waals surface area (Å²) < 4.78 is 0. The van der Waals surface area contributed by atoms with E-state index in [-0.39, 0.29) is 5.92 Å². The van der Waals surface area contributed by atoms with Crippen LogP contribution in [0.5, 0.6) is 0 Å². The van der Waals surface area contributed by atoms with Crippen LogP contribution in [0.4, 0.5) is 0 Å². The number of carbonyl (C=O) groups excluding carboxylic acids is 1. The molecule has 0 aliphatic heterocycles. The predicted octanol–water partition coefficient (Wildman–Crippen LogP) is 4.85. The third-order valence-electron chi connectivity index (χ3n) is 5.88. The Hall–Kier alpha value is -0.240. The van der Waals surface area contributed by atoms with Gasteiger partial charge in [0.1, 0.15) is 0 Å². The maximum Gasteiger partial charge on any atom is 0.225 e. The molecule has 122 valence electrons. The molecule has 21 heavy (non-hydrogen) atoms. The average molecular weight is 314 g/mol. The van der Waals surface area contributed by atoms with Crippen molar-refractivity contribution in [1.29, 1.82) is 0 Å². The molecule has 0 aromatic carbocycles. The highest BCUT2D eigenvalue weighted by atomic mass is 35.5. The van der Waals surface area contributed by atoms with Crippen molar-refractivity contribution >= 4 is 17.5 Å². The van der Waals surface area contributed by atoms with Gasteiger partial charge in [0.15, 0.2) is 0 Å². The number of hydrogen-bond acceptors (Lipinski definition) is 1. The van der Waals surface area contributed by atoms with Crippen LogP contribution in [-0.2, 0) is 4.79 Å². The molecule has 2 nitrogen and oxygen atoms in total. The largest absolute Gasteiger partial charge is 0.338 e. The highest BCUT2D eigenvalue weighted by Gasteiger charge is 2.37. The molecule has 0 spiro atoms. The van der Waals surface area contributed by atoms with Crippen LogP contribution in [-0.4, -0.2) is 29.3 Å². The van der Waals surface area contributed by atoms with Gasteiger partial charge in [0.2, 0.25) is 5.91 Å². The minimum atomic E-state index is 0.271. The lowest BCUT2D eigenvalue weighted by atomic mass is 9.67. The molecule has 0 heterocycles. The van der Waals surface area contributed by atoms with E-state index in [0.29, 0.717) is 17.8 Å². The van der Waals surface area contributed by atoms with Crippen LogP contribution < -0.4 is 0 Å². The molecule has 2 saturated carbocycles. The zero-order chi connectivity index (χ0) is 15.2. The number of hydrogen-bond donors (Lipinski definition) is 0. The fourth-order valence-corrected chi connectivity index (χ4v) is 4.81. The first-order valence-electron chi connectivity index (χ1n) is 9.07. The maximum atomic E-state index is 13.0. The third kappa shape index (κ3) is 4.15. The summed E-state index contributed by atoms with van der Waals surface area (Å²) in [5.41, 5.74) is 0. The summed E-state index contributed by atoms with van der Waals surface area (Å²) >= 11 is 5.95. The van der Waals surface area contributed by atoms with E-state index in [2.05, 4.69) is 18.7 Å². The molecule has 0 aromatic rings. The van der Waals surface area contributed by atoms with Gasteiger partial charge in [-0.3, -0.25) is 4.79 Å². The number of rotatable bonds is 6. The normalized spacial score (nSPS) is 29.2. The quantitative estimate of drug-likeness (QED) is 0.642. The molecular weight excluding hydrogens is 282 g/mol. The number of alkyl halides is 1. The Kier molecular flexibility index (Phi) is 6.85. The van der Waals surface area contributed by atoms with Crippen molar-refractivity contribution in [2.45, 2.75) is 77.7 Å². The van der Waals surface area contributed by atoms with E-state index in [4.69, 9.17) is 11.6 Å². The van der Waals surface area contributed by atoms with E-state index < -0.39 is 0 Å². The van der Waals surface area contributed by atoms with Gasteiger partial charge in [0, 0.05) is 24.4 Å². The van der Waals surface area contributed by atoms with E-state index in [0.717, 1.165) is 44.1 Å². The van der Waals surface area contributed by atoms with E-state index in [1.807, 2.05) is 0 Å². The smallest absolute Gasteiger partial charge is 0.225 e. The van der Waals surface area contributed by atoms with Gasteiger partial charge < -0.3 is 4.90 Å². The molecule has 3 atom stereocenters. The molecule has 2 aliphatic carbocycles. The van der Waals surface area contributed by atoms with E-state index in [1.54, 1.807) is 0 Å². The van der Waals surface area contributed by atoms with E-state index in [1.165, 1.54) is 32.1 Å². The van der Waals surface area contributed by atoms with Crippen LogP contribution in [0, 0.1) is 17.8 Å². The molecule has 1 amide bonds. The molecule has 0 saturated heterocycles. The molecular formula is C18H32ClNO. The molecule has 0 radical (unpaired) electrons. The van der Waals surface area contributed by atoms with Crippen LogP contribution >= 0.6 is 11.6 Å². The minimum absolute atomic E-state index is 0.271. The van der Waals surface area contributed by atoms with Crippen molar-refractivity contribution in [2.24, 2.45) is 17.8 Å². The van der Waals surface area contributed by atoms with Crippen molar-refractivity contribution in [1.82, 2.24) is 4.90 Å². The van der Waals surface area contributed by atoms with Crippen LogP contribution in [0.3, 0.4) is 0 Å². The van der Waals surface area contributed by atoms with Crippen LogP contribution in [0.25, 0.3) is 0 Å². The first-order valence-corrected chi connectivity index (χ1v) is 9.61. The standard InChI is InChI=1S/C18H32ClNO/c1-3-17(4-2)20(12-11-19)18(21)16-10-9-14-7-5-6-8-15(14)13-16/h14-17H,3-13H2,1-2H3. The maximum absolute atomic E-state index is 13.0. The average Bonchev–Trinajstić information content (AvgIpc) is 2.54. The van der Waals surface area contributed by atoms with Crippen molar-refractivity contribution in [3.8, 4) is 0 Å². The third-order valence-corrected chi connectivity index (χ3v) is 6.05. The molecule has 0 N–H and O–H groups in total. The van der Waals surface area contributed by atoms with Crippen molar-refractivity contribution < 1.29 is 4.79 Å². The summed E-state index contributed by atoms with van der Waals surface area (Å²) in [7, 11) is 0. The first kappa shape index (κ1) is 17.1. The second-order valence-electron chi connectivity index (χ2n) is 7.01. The topological polar surface area (TPSA) is 20.3 Å². The van der Waals surface area contributed by atoms with Crippen LogP contribution in [0.1, 0.15) is 71.6 Å². The number of amides is 1. The van der Waals surface area contributed by atoms with Crippen LogP contribution in [0.2, 0.25) is 0 Å². The van der Waals surface area contributed by atoms with E-state index >= 15 is 0 Å². The molecule has 3 heteroatoms. The van der Waals surface area contributed by atoms with Gasteiger partial charge in [-0.15, -0.1) is 11.6 Å². The number of fused-ring (bicyclic) bond motifs is 1. The Morgan fingerprint density at radius 2 is 1.76 bits per heavy atom. The number of nitrogens with zero attached hydrogens (tertiary/aromatic N) is 1.